The number of amides is 1. The number of hydrogen-bond donors (Lipinski definition) is 0. The Bertz CT molecular complexity index is 992. The number of benzene rings is 1. The van der Waals surface area contributed by atoms with Crippen molar-refractivity contribution in [2.45, 2.75) is 19.4 Å². The maximum Gasteiger partial charge on any atom is 0.278 e. The Labute approximate surface area is 141 Å². The van der Waals surface area contributed by atoms with Gasteiger partial charge >= 0.3 is 0 Å². The minimum absolute atomic E-state index is 0.0526. The first-order valence-corrected chi connectivity index (χ1v) is 8.00. The van der Waals surface area contributed by atoms with E-state index in [0.29, 0.717) is 34.5 Å². The third kappa shape index (κ3) is 1.67. The SMILES string of the molecule is Cc1noc(-c2ncn3c2[C@H]2CCN2C(=O)c2c(Cl)cccc2-3)n1. The maximum absolute atomic E-state index is 12.9. The molecule has 0 unspecified atom stereocenters. The third-order valence-electron chi connectivity index (χ3n) is 4.60. The zero-order valence-corrected chi connectivity index (χ0v) is 13.5. The van der Waals surface area contributed by atoms with Crippen molar-refractivity contribution in [2.24, 2.45) is 0 Å². The van der Waals surface area contributed by atoms with Crippen LogP contribution in [0.5, 0.6) is 0 Å². The van der Waals surface area contributed by atoms with Crippen LogP contribution in [0.3, 0.4) is 0 Å². The molecule has 1 saturated heterocycles. The van der Waals surface area contributed by atoms with E-state index in [-0.39, 0.29) is 11.9 Å². The average molecular weight is 342 g/mol. The molecule has 0 N–H and O–H groups in total. The van der Waals surface area contributed by atoms with E-state index in [9.17, 15) is 4.79 Å². The summed E-state index contributed by atoms with van der Waals surface area (Å²) in [6.07, 6.45) is 2.55. The van der Waals surface area contributed by atoms with E-state index in [4.69, 9.17) is 16.1 Å². The van der Waals surface area contributed by atoms with Crippen molar-refractivity contribution in [2.75, 3.05) is 6.54 Å². The molecule has 2 aliphatic rings. The van der Waals surface area contributed by atoms with Crippen molar-refractivity contribution in [1.29, 1.82) is 0 Å². The lowest BCUT2D eigenvalue weighted by molar-refractivity contribution is 0.0461. The number of fused-ring (bicyclic) bond motifs is 5. The molecule has 0 aliphatic carbocycles. The molecule has 0 spiro atoms. The highest BCUT2D eigenvalue weighted by Crippen LogP contribution is 2.44. The minimum atomic E-state index is -0.0642. The molecule has 8 heteroatoms. The maximum atomic E-state index is 12.9. The molecule has 1 aromatic carbocycles. The first-order valence-electron chi connectivity index (χ1n) is 7.63. The number of nitrogens with zero attached hydrogens (tertiary/aromatic N) is 5. The van der Waals surface area contributed by atoms with Gasteiger partial charge in [0.05, 0.1) is 28.0 Å². The van der Waals surface area contributed by atoms with Gasteiger partial charge in [-0.2, -0.15) is 4.98 Å². The van der Waals surface area contributed by atoms with Crippen LogP contribution in [0.4, 0.5) is 0 Å². The number of aromatic nitrogens is 4. The van der Waals surface area contributed by atoms with Gasteiger partial charge in [-0.3, -0.25) is 9.36 Å². The first-order chi connectivity index (χ1) is 11.6. The molecule has 7 nitrogen and oxygen atoms in total. The molecule has 2 aromatic heterocycles. The average Bonchev–Trinajstić information content (AvgIpc) is 3.10. The Morgan fingerprint density at radius 1 is 1.38 bits per heavy atom. The van der Waals surface area contributed by atoms with E-state index >= 15 is 0 Å². The lowest BCUT2D eigenvalue weighted by Gasteiger charge is -2.39. The van der Waals surface area contributed by atoms with Gasteiger partial charge in [-0.25, -0.2) is 4.98 Å². The van der Waals surface area contributed by atoms with Gasteiger partial charge in [0.2, 0.25) is 0 Å². The van der Waals surface area contributed by atoms with E-state index in [1.165, 1.54) is 0 Å². The Morgan fingerprint density at radius 3 is 2.96 bits per heavy atom. The van der Waals surface area contributed by atoms with Crippen molar-refractivity contribution < 1.29 is 9.32 Å². The largest absolute Gasteiger partial charge is 0.332 e. The summed E-state index contributed by atoms with van der Waals surface area (Å²) in [4.78, 5) is 23.5. The molecule has 2 aliphatic heterocycles. The fraction of sp³-hybridized carbons (Fsp3) is 0.250. The standard InChI is InChI=1S/C16H12ClN5O2/c1-8-19-15(24-20-8)13-14-11-5-6-21(11)16(23)12-9(17)3-2-4-10(12)22(14)7-18-13/h2-4,7,11H,5-6H2,1H3/t11-/m1/s1. The van der Waals surface area contributed by atoms with Gasteiger partial charge in [0, 0.05) is 6.54 Å². The topological polar surface area (TPSA) is 77.0 Å². The number of aryl methyl sites for hydroxylation is 1. The van der Waals surface area contributed by atoms with Gasteiger partial charge in [-0.1, -0.05) is 22.8 Å². The van der Waals surface area contributed by atoms with Crippen LogP contribution in [0.1, 0.15) is 34.3 Å². The van der Waals surface area contributed by atoms with Gasteiger partial charge in [-0.15, -0.1) is 0 Å². The van der Waals surface area contributed by atoms with Crippen molar-refractivity contribution in [3.05, 3.63) is 46.6 Å². The van der Waals surface area contributed by atoms with Crippen LogP contribution in [-0.4, -0.2) is 37.0 Å². The van der Waals surface area contributed by atoms with Crippen LogP contribution < -0.4 is 0 Å². The molecule has 1 fully saturated rings. The molecule has 0 bridgehead atoms. The predicted octanol–water partition coefficient (Wildman–Crippen LogP) is 2.78. The van der Waals surface area contributed by atoms with Crippen LogP contribution in [0.2, 0.25) is 5.02 Å². The molecule has 5 rings (SSSR count). The zero-order valence-electron chi connectivity index (χ0n) is 12.7. The fourth-order valence-electron chi connectivity index (χ4n) is 3.41. The smallest absolute Gasteiger partial charge is 0.278 e. The second kappa shape index (κ2) is 4.67. The zero-order chi connectivity index (χ0) is 16.4. The minimum Gasteiger partial charge on any atom is -0.332 e. The highest BCUT2D eigenvalue weighted by molar-refractivity contribution is 6.34. The highest BCUT2D eigenvalue weighted by atomic mass is 35.5. The summed E-state index contributed by atoms with van der Waals surface area (Å²) in [5, 5.41) is 4.29. The Kier molecular flexibility index (Phi) is 2.67. The van der Waals surface area contributed by atoms with E-state index in [1.54, 1.807) is 19.3 Å². The van der Waals surface area contributed by atoms with E-state index in [1.807, 2.05) is 21.6 Å². The molecular weight excluding hydrogens is 330 g/mol. The number of hydrogen-bond acceptors (Lipinski definition) is 5. The van der Waals surface area contributed by atoms with Crippen LogP contribution in [0.15, 0.2) is 29.0 Å². The summed E-state index contributed by atoms with van der Waals surface area (Å²) in [5.74, 6) is 0.861. The number of imidazole rings is 1. The van der Waals surface area contributed by atoms with Crippen molar-refractivity contribution in [3.8, 4) is 17.3 Å². The van der Waals surface area contributed by atoms with Gasteiger partial charge in [0.1, 0.15) is 6.33 Å². The second-order valence-electron chi connectivity index (χ2n) is 5.93. The molecule has 3 aromatic rings. The monoisotopic (exact) mass is 341 g/mol. The molecule has 4 heterocycles. The van der Waals surface area contributed by atoms with Crippen LogP contribution in [-0.2, 0) is 0 Å². The molecule has 1 atom stereocenters. The van der Waals surface area contributed by atoms with E-state index < -0.39 is 0 Å². The van der Waals surface area contributed by atoms with E-state index in [0.717, 1.165) is 17.8 Å². The summed E-state index contributed by atoms with van der Waals surface area (Å²) < 4.78 is 7.21. The highest BCUT2D eigenvalue weighted by Gasteiger charge is 2.43. The van der Waals surface area contributed by atoms with Crippen molar-refractivity contribution in [3.63, 3.8) is 0 Å². The van der Waals surface area contributed by atoms with E-state index in [2.05, 4.69) is 15.1 Å². The van der Waals surface area contributed by atoms with Crippen molar-refractivity contribution >= 4 is 17.5 Å². The fourth-order valence-corrected chi connectivity index (χ4v) is 3.66. The quantitative estimate of drug-likeness (QED) is 0.680. The number of carbonyl (C=O) groups is 1. The Hall–Kier alpha value is -2.67. The third-order valence-corrected chi connectivity index (χ3v) is 4.91. The summed E-state index contributed by atoms with van der Waals surface area (Å²) in [7, 11) is 0. The first kappa shape index (κ1) is 13.7. The molecule has 0 saturated carbocycles. The Balaban J connectivity index is 1.81. The van der Waals surface area contributed by atoms with Gasteiger partial charge in [-0.05, 0) is 25.5 Å². The molecule has 120 valence electrons. The van der Waals surface area contributed by atoms with Gasteiger partial charge in [0.25, 0.3) is 11.8 Å². The summed E-state index contributed by atoms with van der Waals surface area (Å²) in [5.41, 5.74) is 2.74. The molecule has 0 radical (unpaired) electrons. The van der Waals surface area contributed by atoms with Crippen LogP contribution in [0.25, 0.3) is 17.3 Å². The molecular formula is C16H12ClN5O2. The molecule has 1 amide bonds. The second-order valence-corrected chi connectivity index (χ2v) is 6.34. The van der Waals surface area contributed by atoms with Gasteiger partial charge < -0.3 is 9.42 Å². The molecule has 24 heavy (non-hydrogen) atoms. The summed E-state index contributed by atoms with van der Waals surface area (Å²) in [6, 6.07) is 5.37. The summed E-state index contributed by atoms with van der Waals surface area (Å²) in [6.45, 7) is 2.46. The predicted molar refractivity (Wildman–Crippen MR) is 85.0 cm³/mol. The summed E-state index contributed by atoms with van der Waals surface area (Å²) >= 11 is 6.32. The number of halogens is 1. The lowest BCUT2D eigenvalue weighted by atomic mass is 9.97. The normalized spacial score (nSPS) is 18.5. The van der Waals surface area contributed by atoms with Gasteiger partial charge in [0.15, 0.2) is 11.5 Å². The number of rotatable bonds is 1. The Morgan fingerprint density at radius 2 is 2.25 bits per heavy atom. The lowest BCUT2D eigenvalue weighted by Crippen LogP contribution is -2.44. The van der Waals surface area contributed by atoms with Crippen LogP contribution in [0, 0.1) is 6.92 Å². The van der Waals surface area contributed by atoms with Crippen molar-refractivity contribution in [1.82, 2.24) is 24.6 Å². The number of carbonyl (C=O) groups excluding carboxylic acids is 1. The van der Waals surface area contributed by atoms with Crippen LogP contribution >= 0.6 is 11.6 Å².